The first-order valence-electron chi connectivity index (χ1n) is 13.3. The summed E-state index contributed by atoms with van der Waals surface area (Å²) in [5, 5.41) is 16.2. The summed E-state index contributed by atoms with van der Waals surface area (Å²) in [6.45, 7) is 2.78. The molecule has 11 heteroatoms. The summed E-state index contributed by atoms with van der Waals surface area (Å²) >= 11 is 1.22. The van der Waals surface area contributed by atoms with Gasteiger partial charge in [0, 0.05) is 25.3 Å². The number of allylic oxidation sites excluding steroid dienone is 1. The Morgan fingerprint density at radius 3 is 2.80 bits per heavy atom. The Bertz CT molecular complexity index is 1620. The number of anilines is 3. The number of piperidine rings is 1. The summed E-state index contributed by atoms with van der Waals surface area (Å²) in [6.07, 6.45) is 6.87. The fourth-order valence-corrected chi connectivity index (χ4v) is 6.37. The van der Waals surface area contributed by atoms with Gasteiger partial charge in [0.2, 0.25) is 0 Å². The molecule has 10 nitrogen and oxygen atoms in total. The number of amides is 4. The topological polar surface area (TPSA) is 128 Å². The van der Waals surface area contributed by atoms with Gasteiger partial charge in [-0.3, -0.25) is 14.5 Å². The summed E-state index contributed by atoms with van der Waals surface area (Å²) in [5.41, 5.74) is 2.83. The SMILES string of the molecule is COc1ccc(N2C(=O)Nc3c(C(=O)N[C@@H]4CCCN(C(=O)/C(C#N)=[13CH]/C5CC5)C4)sc4nccc2c34)c(C)c1. The van der Waals surface area contributed by atoms with E-state index in [1.165, 1.54) is 11.3 Å². The molecule has 0 bridgehead atoms. The summed E-state index contributed by atoms with van der Waals surface area (Å²) in [6, 6.07) is 8.68. The number of aromatic nitrogens is 1. The molecule has 1 saturated heterocycles. The molecule has 0 spiro atoms. The van der Waals surface area contributed by atoms with Crippen LogP contribution in [0.25, 0.3) is 10.2 Å². The number of carbonyl (C=O) groups is 3. The number of aryl methyl sites for hydroxylation is 1. The van der Waals surface area contributed by atoms with Crippen LogP contribution in [0, 0.1) is 24.2 Å². The van der Waals surface area contributed by atoms with Gasteiger partial charge in [-0.25, -0.2) is 9.78 Å². The second kappa shape index (κ2) is 10.3. The van der Waals surface area contributed by atoms with E-state index in [-0.39, 0.29) is 29.5 Å². The maximum Gasteiger partial charge on any atom is 0.331 e. The average molecular weight is 558 g/mol. The Hall–Kier alpha value is -4.43. The summed E-state index contributed by atoms with van der Waals surface area (Å²) < 4.78 is 5.31. The maximum atomic E-state index is 13.5. The molecular formula is C29H28N6O4S. The van der Waals surface area contributed by atoms with Crippen molar-refractivity contribution < 1.29 is 19.1 Å². The Kier molecular flexibility index (Phi) is 6.64. The number of ether oxygens (including phenoxy) is 1. The first kappa shape index (κ1) is 25.8. The van der Waals surface area contributed by atoms with Gasteiger partial charge in [0.15, 0.2) is 0 Å². The molecule has 4 heterocycles. The van der Waals surface area contributed by atoms with E-state index in [0.29, 0.717) is 63.3 Å². The number of carbonyl (C=O) groups excluding carboxylic acids is 3. The first-order valence-corrected chi connectivity index (χ1v) is 14.1. The number of rotatable bonds is 6. The van der Waals surface area contributed by atoms with Gasteiger partial charge in [-0.05, 0) is 68.4 Å². The second-order valence-electron chi connectivity index (χ2n) is 10.3. The van der Waals surface area contributed by atoms with Crippen LogP contribution in [0.4, 0.5) is 21.9 Å². The van der Waals surface area contributed by atoms with Crippen LogP contribution in [0.1, 0.15) is 40.9 Å². The molecule has 1 saturated carbocycles. The molecule has 1 aliphatic carbocycles. The largest absolute Gasteiger partial charge is 0.497 e. The van der Waals surface area contributed by atoms with Gasteiger partial charge in [0.25, 0.3) is 11.8 Å². The molecule has 6 rings (SSSR count). The van der Waals surface area contributed by atoms with Gasteiger partial charge < -0.3 is 20.3 Å². The number of urea groups is 1. The highest BCUT2D eigenvalue weighted by Crippen LogP contribution is 2.46. The van der Waals surface area contributed by atoms with Crippen molar-refractivity contribution in [1.82, 2.24) is 15.2 Å². The molecule has 3 aliphatic rings. The molecule has 2 fully saturated rings. The number of thiophene rings is 1. The van der Waals surface area contributed by atoms with E-state index in [1.807, 2.05) is 25.1 Å². The number of pyridine rings is 1. The van der Waals surface area contributed by atoms with Gasteiger partial charge in [-0.15, -0.1) is 11.3 Å². The molecule has 1 aromatic carbocycles. The van der Waals surface area contributed by atoms with E-state index in [0.717, 1.165) is 24.8 Å². The molecular weight excluding hydrogens is 529 g/mol. The summed E-state index contributed by atoms with van der Waals surface area (Å²) in [4.78, 5) is 48.6. The fraction of sp³-hybridized carbons (Fsp3) is 0.345. The van der Waals surface area contributed by atoms with Crippen LogP contribution in [-0.2, 0) is 4.79 Å². The lowest BCUT2D eigenvalue weighted by Crippen LogP contribution is -2.50. The van der Waals surface area contributed by atoms with Crippen molar-refractivity contribution in [1.29, 1.82) is 5.26 Å². The van der Waals surface area contributed by atoms with Gasteiger partial charge in [0.05, 0.1) is 29.6 Å². The lowest BCUT2D eigenvalue weighted by atomic mass is 10.0. The van der Waals surface area contributed by atoms with Crippen molar-refractivity contribution in [3.05, 3.63) is 52.6 Å². The minimum Gasteiger partial charge on any atom is -0.497 e. The van der Waals surface area contributed by atoms with Gasteiger partial charge >= 0.3 is 6.03 Å². The third-order valence-electron chi connectivity index (χ3n) is 7.52. The van der Waals surface area contributed by atoms with E-state index in [9.17, 15) is 19.6 Å². The number of nitriles is 1. The number of nitrogens with zero attached hydrogens (tertiary/aromatic N) is 4. The van der Waals surface area contributed by atoms with Gasteiger partial charge in [-0.1, -0.05) is 6.08 Å². The number of benzene rings is 1. The number of hydrogen-bond donors (Lipinski definition) is 2. The lowest BCUT2D eigenvalue weighted by molar-refractivity contribution is -0.128. The third kappa shape index (κ3) is 4.64. The zero-order valence-electron chi connectivity index (χ0n) is 22.2. The van der Waals surface area contributed by atoms with E-state index < -0.39 is 0 Å². The average Bonchev–Trinajstić information content (AvgIpc) is 3.71. The van der Waals surface area contributed by atoms with Crippen molar-refractivity contribution >= 4 is 56.5 Å². The van der Waals surface area contributed by atoms with Crippen molar-refractivity contribution in [2.75, 3.05) is 30.4 Å². The van der Waals surface area contributed by atoms with Crippen LogP contribution in [0.15, 0.2) is 42.1 Å². The number of nitrogens with one attached hydrogen (secondary N) is 2. The van der Waals surface area contributed by atoms with Crippen molar-refractivity contribution in [2.45, 2.75) is 38.6 Å². The van der Waals surface area contributed by atoms with Crippen LogP contribution < -0.4 is 20.3 Å². The zero-order chi connectivity index (χ0) is 28.0. The first-order chi connectivity index (χ1) is 19.4. The predicted molar refractivity (Wildman–Crippen MR) is 152 cm³/mol. The Morgan fingerprint density at radius 1 is 1.25 bits per heavy atom. The van der Waals surface area contributed by atoms with Crippen LogP contribution in [-0.4, -0.2) is 54.0 Å². The summed E-state index contributed by atoms with van der Waals surface area (Å²) in [7, 11) is 1.59. The van der Waals surface area contributed by atoms with Crippen molar-refractivity contribution in [3.63, 3.8) is 0 Å². The molecule has 2 N–H and O–H groups in total. The zero-order valence-corrected chi connectivity index (χ0v) is 23.0. The second-order valence-corrected chi connectivity index (χ2v) is 11.3. The Morgan fingerprint density at radius 2 is 2.08 bits per heavy atom. The van der Waals surface area contributed by atoms with Crippen LogP contribution in [0.3, 0.4) is 0 Å². The minimum atomic E-state index is -0.373. The smallest absolute Gasteiger partial charge is 0.331 e. The van der Waals surface area contributed by atoms with Gasteiger partial charge in [0.1, 0.15) is 27.1 Å². The Balaban J connectivity index is 1.26. The fourth-order valence-electron chi connectivity index (χ4n) is 5.35. The minimum absolute atomic E-state index is 0.182. The van der Waals surface area contributed by atoms with E-state index in [2.05, 4.69) is 15.6 Å². The lowest BCUT2D eigenvalue weighted by Gasteiger charge is -2.33. The molecule has 1 atom stereocenters. The van der Waals surface area contributed by atoms with E-state index in [4.69, 9.17) is 4.74 Å². The summed E-state index contributed by atoms with van der Waals surface area (Å²) in [5.74, 6) is 0.411. The molecule has 0 unspecified atom stereocenters. The van der Waals surface area contributed by atoms with Gasteiger partial charge in [-0.2, -0.15) is 5.26 Å². The quantitative estimate of drug-likeness (QED) is 0.253. The van der Waals surface area contributed by atoms with Crippen molar-refractivity contribution in [2.24, 2.45) is 5.92 Å². The molecule has 2 aliphatic heterocycles. The van der Waals surface area contributed by atoms with E-state index in [1.54, 1.807) is 41.3 Å². The number of likely N-dealkylation sites (tertiary alicyclic amines) is 1. The molecule has 4 amide bonds. The molecule has 204 valence electrons. The number of hydrogen-bond acceptors (Lipinski definition) is 7. The standard InChI is InChI=1S/C29H28N6O4S/c1-16-12-20(39-2)7-8-21(16)35-22-9-10-31-27-23(22)24(33-29(35)38)25(40-27)26(36)32-19-4-3-11-34(15-19)28(37)18(14-30)13-17-5-6-17/h7-10,12-13,17,19H,3-6,11,15H2,1-2H3,(H,32,36)(H,33,38)/b18-13+/t19-/m1/s1/i13+1. The molecule has 0 radical (unpaired) electrons. The normalized spacial score (nSPS) is 18.8. The highest BCUT2D eigenvalue weighted by molar-refractivity contribution is 7.21. The highest BCUT2D eigenvalue weighted by atomic mass is 32.1. The van der Waals surface area contributed by atoms with Crippen LogP contribution >= 0.6 is 11.3 Å². The third-order valence-corrected chi connectivity index (χ3v) is 8.61. The highest BCUT2D eigenvalue weighted by Gasteiger charge is 2.35. The molecule has 40 heavy (non-hydrogen) atoms. The monoisotopic (exact) mass is 557 g/mol. The van der Waals surface area contributed by atoms with Crippen LogP contribution in [0.2, 0.25) is 0 Å². The maximum absolute atomic E-state index is 13.5. The van der Waals surface area contributed by atoms with E-state index >= 15 is 0 Å². The Labute approximate surface area is 235 Å². The predicted octanol–water partition coefficient (Wildman–Crippen LogP) is 4.88. The van der Waals surface area contributed by atoms with Crippen LogP contribution in [0.5, 0.6) is 5.75 Å². The van der Waals surface area contributed by atoms with Crippen molar-refractivity contribution in [3.8, 4) is 11.8 Å². The molecule has 3 aromatic rings. The molecule has 2 aromatic heterocycles. The number of methoxy groups -OCH3 is 1.